The van der Waals surface area contributed by atoms with Crippen LogP contribution in [-0.4, -0.2) is 13.7 Å². The summed E-state index contributed by atoms with van der Waals surface area (Å²) in [5, 5.41) is 2.99. The van der Waals surface area contributed by atoms with E-state index in [2.05, 4.69) is 5.32 Å². The Morgan fingerprint density at radius 1 is 1.43 bits per heavy atom. The largest absolute Gasteiger partial charge is 0.490 e. The minimum Gasteiger partial charge on any atom is -0.490 e. The lowest BCUT2D eigenvalue weighted by atomic mass is 10.1. The van der Waals surface area contributed by atoms with Gasteiger partial charge in [0.25, 0.3) is 0 Å². The fourth-order valence-electron chi connectivity index (χ4n) is 1.43. The predicted octanol–water partition coefficient (Wildman–Crippen LogP) is 2.25. The van der Waals surface area contributed by atoms with Crippen molar-refractivity contribution in [3.8, 4) is 5.75 Å². The van der Waals surface area contributed by atoms with E-state index in [9.17, 15) is 4.39 Å². The molecular weight excluding hydrogens is 181 g/mol. The zero-order valence-corrected chi connectivity index (χ0v) is 8.86. The van der Waals surface area contributed by atoms with Crippen molar-refractivity contribution in [2.75, 3.05) is 13.7 Å². The summed E-state index contributed by atoms with van der Waals surface area (Å²) in [5.41, 5.74) is 1.78. The molecule has 0 radical (unpaired) electrons. The Bertz CT molecular complexity index is 312. The smallest absolute Gasteiger partial charge is 0.165 e. The number of aryl methyl sites for hydroxylation is 1. The van der Waals surface area contributed by atoms with E-state index >= 15 is 0 Å². The summed E-state index contributed by atoms with van der Waals surface area (Å²) in [7, 11) is 1.83. The molecule has 0 atom stereocenters. The molecule has 0 saturated heterocycles. The molecule has 0 bridgehead atoms. The van der Waals surface area contributed by atoms with Crippen molar-refractivity contribution in [1.29, 1.82) is 0 Å². The van der Waals surface area contributed by atoms with Crippen LogP contribution in [0.4, 0.5) is 4.39 Å². The van der Waals surface area contributed by atoms with E-state index in [1.165, 1.54) is 6.07 Å². The van der Waals surface area contributed by atoms with E-state index in [4.69, 9.17) is 4.74 Å². The molecule has 0 aromatic heterocycles. The first-order valence-corrected chi connectivity index (χ1v) is 4.75. The van der Waals surface area contributed by atoms with E-state index in [1.54, 1.807) is 0 Å². The molecule has 78 valence electrons. The minimum absolute atomic E-state index is 0.280. The van der Waals surface area contributed by atoms with E-state index in [-0.39, 0.29) is 5.82 Å². The average molecular weight is 197 g/mol. The van der Waals surface area contributed by atoms with Crippen molar-refractivity contribution in [1.82, 2.24) is 5.32 Å². The summed E-state index contributed by atoms with van der Waals surface area (Å²) in [6.07, 6.45) is 0. The zero-order chi connectivity index (χ0) is 10.6. The van der Waals surface area contributed by atoms with Gasteiger partial charge < -0.3 is 10.1 Å². The van der Waals surface area contributed by atoms with Crippen molar-refractivity contribution < 1.29 is 9.13 Å². The van der Waals surface area contributed by atoms with E-state index in [0.29, 0.717) is 18.9 Å². The fraction of sp³-hybridized carbons (Fsp3) is 0.455. The van der Waals surface area contributed by atoms with Gasteiger partial charge in [0.2, 0.25) is 0 Å². The Balaban J connectivity index is 3.07. The maximum Gasteiger partial charge on any atom is 0.165 e. The molecule has 0 aliphatic heterocycles. The lowest BCUT2D eigenvalue weighted by Crippen LogP contribution is -2.09. The van der Waals surface area contributed by atoms with Gasteiger partial charge in [-0.2, -0.15) is 0 Å². The molecule has 0 spiro atoms. The maximum atomic E-state index is 13.5. The third-order valence-electron chi connectivity index (χ3n) is 1.92. The number of nitrogens with one attached hydrogen (secondary N) is 1. The molecule has 3 heteroatoms. The normalized spacial score (nSPS) is 10.3. The first-order valence-electron chi connectivity index (χ1n) is 4.75. The van der Waals surface area contributed by atoms with Crippen molar-refractivity contribution in [2.24, 2.45) is 0 Å². The molecule has 0 aliphatic rings. The molecule has 0 unspecified atom stereocenters. The summed E-state index contributed by atoms with van der Waals surface area (Å²) >= 11 is 0. The van der Waals surface area contributed by atoms with Crippen molar-refractivity contribution in [3.05, 3.63) is 29.1 Å². The average Bonchev–Trinajstić information content (AvgIpc) is 2.11. The molecule has 0 heterocycles. The van der Waals surface area contributed by atoms with E-state index in [0.717, 1.165) is 11.1 Å². The van der Waals surface area contributed by atoms with Crippen LogP contribution in [0.5, 0.6) is 5.75 Å². The molecule has 0 amide bonds. The van der Waals surface area contributed by atoms with Crippen LogP contribution in [0, 0.1) is 12.7 Å². The Kier molecular flexibility index (Phi) is 3.89. The molecule has 14 heavy (non-hydrogen) atoms. The van der Waals surface area contributed by atoms with Crippen LogP contribution in [0.1, 0.15) is 18.1 Å². The van der Waals surface area contributed by atoms with Gasteiger partial charge in [-0.1, -0.05) is 6.07 Å². The van der Waals surface area contributed by atoms with Gasteiger partial charge in [-0.05, 0) is 32.5 Å². The van der Waals surface area contributed by atoms with Gasteiger partial charge in [-0.15, -0.1) is 0 Å². The van der Waals surface area contributed by atoms with Crippen LogP contribution in [0.25, 0.3) is 0 Å². The highest BCUT2D eigenvalue weighted by atomic mass is 19.1. The third-order valence-corrected chi connectivity index (χ3v) is 1.92. The molecule has 1 aromatic rings. The second kappa shape index (κ2) is 4.96. The predicted molar refractivity (Wildman–Crippen MR) is 55.1 cm³/mol. The molecule has 1 rings (SSSR count). The summed E-state index contributed by atoms with van der Waals surface area (Å²) < 4.78 is 18.7. The van der Waals surface area contributed by atoms with Crippen molar-refractivity contribution in [3.63, 3.8) is 0 Å². The SMILES string of the molecule is CCOc1c(F)cc(C)cc1CNC. The maximum absolute atomic E-state index is 13.5. The van der Waals surface area contributed by atoms with Gasteiger partial charge in [-0.3, -0.25) is 0 Å². The van der Waals surface area contributed by atoms with Gasteiger partial charge >= 0.3 is 0 Å². The molecule has 0 aliphatic carbocycles. The number of halogens is 1. The Morgan fingerprint density at radius 2 is 2.14 bits per heavy atom. The van der Waals surface area contributed by atoms with Gasteiger partial charge in [0.1, 0.15) is 0 Å². The molecule has 0 saturated carbocycles. The van der Waals surface area contributed by atoms with Gasteiger partial charge in [-0.25, -0.2) is 4.39 Å². The molecule has 2 nitrogen and oxygen atoms in total. The van der Waals surface area contributed by atoms with E-state index in [1.807, 2.05) is 27.0 Å². The van der Waals surface area contributed by atoms with Crippen molar-refractivity contribution in [2.45, 2.75) is 20.4 Å². The first-order chi connectivity index (χ1) is 6.69. The summed E-state index contributed by atoms with van der Waals surface area (Å²) in [6.45, 7) is 4.82. The van der Waals surface area contributed by atoms with Crippen molar-refractivity contribution >= 4 is 0 Å². The van der Waals surface area contributed by atoms with Gasteiger partial charge in [0, 0.05) is 12.1 Å². The molecule has 0 fully saturated rings. The highest BCUT2D eigenvalue weighted by molar-refractivity contribution is 5.38. The highest BCUT2D eigenvalue weighted by Crippen LogP contribution is 2.24. The summed E-state index contributed by atoms with van der Waals surface area (Å²) in [4.78, 5) is 0. The van der Waals surface area contributed by atoms with Gasteiger partial charge in [0.05, 0.1) is 6.61 Å². The first kappa shape index (κ1) is 11.0. The summed E-state index contributed by atoms with van der Waals surface area (Å²) in [6, 6.07) is 3.43. The number of benzene rings is 1. The highest BCUT2D eigenvalue weighted by Gasteiger charge is 2.09. The van der Waals surface area contributed by atoms with Crippen LogP contribution in [0.2, 0.25) is 0 Å². The quantitative estimate of drug-likeness (QED) is 0.799. The third kappa shape index (κ3) is 2.45. The van der Waals surface area contributed by atoms with Crippen LogP contribution < -0.4 is 10.1 Å². The Hall–Kier alpha value is -1.09. The van der Waals surface area contributed by atoms with Crippen LogP contribution in [0.3, 0.4) is 0 Å². The minimum atomic E-state index is -0.280. The van der Waals surface area contributed by atoms with E-state index < -0.39 is 0 Å². The monoisotopic (exact) mass is 197 g/mol. The molecule has 1 aromatic carbocycles. The van der Waals surface area contributed by atoms with Crippen LogP contribution >= 0.6 is 0 Å². The Labute approximate surface area is 84.1 Å². The number of rotatable bonds is 4. The lowest BCUT2D eigenvalue weighted by Gasteiger charge is -2.11. The topological polar surface area (TPSA) is 21.3 Å². The molecular formula is C11H16FNO. The number of hydrogen-bond donors (Lipinski definition) is 1. The molecule has 1 N–H and O–H groups in total. The number of ether oxygens (including phenoxy) is 1. The Morgan fingerprint density at radius 3 is 2.71 bits per heavy atom. The zero-order valence-electron chi connectivity index (χ0n) is 8.86. The van der Waals surface area contributed by atoms with Crippen LogP contribution in [0.15, 0.2) is 12.1 Å². The lowest BCUT2D eigenvalue weighted by molar-refractivity contribution is 0.317. The summed E-state index contributed by atoms with van der Waals surface area (Å²) in [5.74, 6) is 0.0875. The van der Waals surface area contributed by atoms with Gasteiger partial charge in [0.15, 0.2) is 11.6 Å². The fourth-order valence-corrected chi connectivity index (χ4v) is 1.43. The second-order valence-corrected chi connectivity index (χ2v) is 3.20. The van der Waals surface area contributed by atoms with Crippen LogP contribution in [-0.2, 0) is 6.54 Å². The standard InChI is InChI=1S/C11H16FNO/c1-4-14-11-9(7-13-3)5-8(2)6-10(11)12/h5-6,13H,4,7H2,1-3H3. The second-order valence-electron chi connectivity index (χ2n) is 3.20. The number of hydrogen-bond acceptors (Lipinski definition) is 2.